The number of rotatable bonds is 27. The number of nitrogens with two attached hydrogens (primary N) is 4. The van der Waals surface area contributed by atoms with E-state index in [1.165, 1.54) is 13.8 Å². The van der Waals surface area contributed by atoms with E-state index >= 15 is 0 Å². The molecule has 1 aliphatic heterocycles. The average molecular weight is 1130 g/mol. The summed E-state index contributed by atoms with van der Waals surface area (Å²) in [5, 5.41) is 68.6. The smallest absolute Gasteiger partial charge is 0.245 e. The van der Waals surface area contributed by atoms with Crippen LogP contribution in [-0.4, -0.2) is 203 Å². The molecule has 13 atom stereocenters. The minimum absolute atomic E-state index is 0.0463. The number of aliphatic hydroxyl groups is 4. The van der Waals surface area contributed by atoms with Crippen molar-refractivity contribution >= 4 is 65.0 Å². The molecule has 0 aromatic carbocycles. The summed E-state index contributed by atoms with van der Waals surface area (Å²) in [6.07, 6.45) is -2.05. The lowest BCUT2D eigenvalue weighted by Crippen LogP contribution is -2.62. The van der Waals surface area contributed by atoms with Crippen LogP contribution in [-0.2, 0) is 52.7 Å². The van der Waals surface area contributed by atoms with Crippen molar-refractivity contribution in [2.75, 3.05) is 39.3 Å². The Bertz CT molecular complexity index is 2000. The van der Waals surface area contributed by atoms with Crippen molar-refractivity contribution in [3.8, 4) is 0 Å². The molecule has 0 saturated carbocycles. The Morgan fingerprint density at radius 2 is 1.04 bits per heavy atom. The van der Waals surface area contributed by atoms with Gasteiger partial charge in [-0.3, -0.25) is 52.7 Å². The molecule has 1 aliphatic rings. The Morgan fingerprint density at radius 1 is 0.557 bits per heavy atom. The molecule has 0 bridgehead atoms. The molecule has 30 heteroatoms. The van der Waals surface area contributed by atoms with E-state index < -0.39 is 163 Å². The summed E-state index contributed by atoms with van der Waals surface area (Å²) in [6, 6.07) is -15.9. The maximum absolute atomic E-state index is 14.3. The number of hydrogen-bond donors (Lipinski definition) is 19. The molecular formula is C49H91N15O15. The van der Waals surface area contributed by atoms with Gasteiger partial charge >= 0.3 is 0 Å². The van der Waals surface area contributed by atoms with Crippen molar-refractivity contribution in [2.24, 2.45) is 28.9 Å². The Morgan fingerprint density at radius 3 is 1.52 bits per heavy atom. The van der Waals surface area contributed by atoms with Gasteiger partial charge in [0.05, 0.1) is 24.9 Å². The van der Waals surface area contributed by atoms with Gasteiger partial charge in [0.25, 0.3) is 0 Å². The SMILES string of the molecule is CCCCCCCC(=O)N[C@@H](CO)C(=O)N[C@H](C(=O)N[C@@H](CCN)C(=O)N[C@H]1CCNC(=O)[C@H]([C@@H](C)O)NC(=O)[C@H](CCN)NC(=O)[C@H](CCN)NC(=O)[C@H]([C@@H](C)O)NC(=O)[C@@H](CC(C)C)NC(=O)[C@H](CCN)NC1=O)[C@@H](C)O. The molecule has 0 aromatic heterocycles. The van der Waals surface area contributed by atoms with Crippen LogP contribution >= 0.6 is 0 Å². The zero-order valence-electron chi connectivity index (χ0n) is 46.4. The lowest BCUT2D eigenvalue weighted by molar-refractivity contribution is -0.137. The van der Waals surface area contributed by atoms with Gasteiger partial charge in [-0.2, -0.15) is 0 Å². The third kappa shape index (κ3) is 25.7. The van der Waals surface area contributed by atoms with E-state index in [4.69, 9.17) is 22.9 Å². The second-order valence-electron chi connectivity index (χ2n) is 20.0. The van der Waals surface area contributed by atoms with E-state index in [1.807, 2.05) is 6.92 Å². The summed E-state index contributed by atoms with van der Waals surface area (Å²) in [4.78, 5) is 151. The van der Waals surface area contributed by atoms with E-state index in [-0.39, 0.29) is 70.6 Å². The van der Waals surface area contributed by atoms with Crippen LogP contribution in [0.3, 0.4) is 0 Å². The minimum atomic E-state index is -1.77. The van der Waals surface area contributed by atoms with Crippen LogP contribution in [0, 0.1) is 5.92 Å². The lowest BCUT2D eigenvalue weighted by Gasteiger charge is -2.29. The topological polar surface area (TPSA) is 505 Å². The summed E-state index contributed by atoms with van der Waals surface area (Å²) >= 11 is 0. The van der Waals surface area contributed by atoms with Crippen LogP contribution in [0.5, 0.6) is 0 Å². The van der Waals surface area contributed by atoms with Crippen molar-refractivity contribution < 1.29 is 73.2 Å². The number of unbranched alkanes of at least 4 members (excludes halogenated alkanes) is 4. The van der Waals surface area contributed by atoms with Gasteiger partial charge in [0.1, 0.15) is 60.4 Å². The molecule has 1 rings (SSSR count). The van der Waals surface area contributed by atoms with Gasteiger partial charge in [0, 0.05) is 13.0 Å². The molecule has 1 saturated heterocycles. The van der Waals surface area contributed by atoms with Gasteiger partial charge in [-0.15, -0.1) is 0 Å². The highest BCUT2D eigenvalue weighted by Crippen LogP contribution is 2.11. The summed E-state index contributed by atoms with van der Waals surface area (Å²) in [7, 11) is 0. The minimum Gasteiger partial charge on any atom is -0.394 e. The first kappa shape index (κ1) is 70.9. The van der Waals surface area contributed by atoms with Gasteiger partial charge in [-0.1, -0.05) is 46.5 Å². The molecule has 0 spiro atoms. The standard InChI is InChI=1S/C49H91N15O15/c1-7-8-9-10-11-12-36(69)55-35(24-65)46(76)64-39(28(6)68)49(79)60-31(15-20-52)41(71)58-33-17-22-54-47(77)37(26(4)66)62-44(74)32(16-21-53)57-40(70)30(14-19-51)59-48(78)38(27(5)67)63-45(75)34(23-25(2)3)61-42(72)29(13-18-50)56-43(33)73/h25-35,37-39,65-68H,7-24,50-53H2,1-6H3,(H,54,77)(H,55,69)(H,56,73)(H,57,70)(H,58,71)(H,59,78)(H,60,79)(H,61,72)(H,62,74)(H,63,75)(H,64,76)/t26-,27-,28-,29+,30+,31+,32+,33+,34-,35+,37+,38+,39+/m1/s1. The molecule has 0 aromatic rings. The lowest BCUT2D eigenvalue weighted by atomic mass is 10.0. The maximum Gasteiger partial charge on any atom is 0.245 e. The number of aliphatic hydroxyl groups excluding tert-OH is 4. The molecule has 11 amide bonds. The van der Waals surface area contributed by atoms with Crippen LogP contribution in [0.15, 0.2) is 0 Å². The first-order chi connectivity index (χ1) is 37.3. The van der Waals surface area contributed by atoms with E-state index in [9.17, 15) is 73.2 Å². The number of hydrogen-bond acceptors (Lipinski definition) is 19. The normalized spacial score (nSPS) is 23.8. The summed E-state index contributed by atoms with van der Waals surface area (Å²) < 4.78 is 0. The van der Waals surface area contributed by atoms with Crippen LogP contribution in [0.4, 0.5) is 0 Å². The molecular weight excluding hydrogens is 1040 g/mol. The molecule has 0 unspecified atom stereocenters. The van der Waals surface area contributed by atoms with Gasteiger partial charge < -0.3 is 102 Å². The highest BCUT2D eigenvalue weighted by molar-refractivity contribution is 5.99. The molecule has 23 N–H and O–H groups in total. The number of carbonyl (C=O) groups is 11. The third-order valence-electron chi connectivity index (χ3n) is 12.6. The second kappa shape index (κ2) is 37.7. The molecule has 0 radical (unpaired) electrons. The molecule has 79 heavy (non-hydrogen) atoms. The third-order valence-corrected chi connectivity index (χ3v) is 12.6. The fourth-order valence-electron chi connectivity index (χ4n) is 8.10. The van der Waals surface area contributed by atoms with Crippen molar-refractivity contribution in [1.29, 1.82) is 0 Å². The van der Waals surface area contributed by atoms with Crippen molar-refractivity contribution in [3.05, 3.63) is 0 Å². The zero-order valence-corrected chi connectivity index (χ0v) is 46.4. The number of carbonyl (C=O) groups excluding carboxylic acids is 11. The summed E-state index contributed by atoms with van der Waals surface area (Å²) in [5.74, 6) is -11.0. The highest BCUT2D eigenvalue weighted by atomic mass is 16.3. The molecule has 1 fully saturated rings. The molecule has 30 nitrogen and oxygen atoms in total. The molecule has 0 aliphatic carbocycles. The van der Waals surface area contributed by atoms with Gasteiger partial charge in [0.2, 0.25) is 65.0 Å². The fourth-order valence-corrected chi connectivity index (χ4v) is 8.10. The van der Waals surface area contributed by atoms with Crippen molar-refractivity contribution in [1.82, 2.24) is 58.5 Å². The monoisotopic (exact) mass is 1130 g/mol. The van der Waals surface area contributed by atoms with Crippen LogP contribution in [0.2, 0.25) is 0 Å². The Hall–Kier alpha value is -6.15. The Labute approximate surface area is 461 Å². The van der Waals surface area contributed by atoms with Crippen molar-refractivity contribution in [3.63, 3.8) is 0 Å². The first-order valence-corrected chi connectivity index (χ1v) is 27.1. The van der Waals surface area contributed by atoms with Crippen LogP contribution in [0.25, 0.3) is 0 Å². The van der Waals surface area contributed by atoms with Gasteiger partial charge in [-0.25, -0.2) is 0 Å². The fraction of sp³-hybridized carbons (Fsp3) is 0.776. The number of amides is 11. The predicted molar refractivity (Wildman–Crippen MR) is 287 cm³/mol. The summed E-state index contributed by atoms with van der Waals surface area (Å²) in [6.45, 7) is 6.81. The average Bonchev–Trinajstić information content (AvgIpc) is 3.37. The van der Waals surface area contributed by atoms with Crippen LogP contribution in [0.1, 0.15) is 119 Å². The van der Waals surface area contributed by atoms with E-state index in [0.717, 1.165) is 32.6 Å². The van der Waals surface area contributed by atoms with Crippen LogP contribution < -0.4 is 81.4 Å². The predicted octanol–water partition coefficient (Wildman–Crippen LogP) is -7.71. The Balaban J connectivity index is 3.79. The molecule has 452 valence electrons. The largest absolute Gasteiger partial charge is 0.394 e. The number of nitrogens with one attached hydrogen (secondary N) is 11. The zero-order chi connectivity index (χ0) is 59.9. The second-order valence-corrected chi connectivity index (χ2v) is 20.0. The van der Waals surface area contributed by atoms with Crippen molar-refractivity contribution in [2.45, 2.75) is 197 Å². The van der Waals surface area contributed by atoms with E-state index in [0.29, 0.717) is 6.42 Å². The van der Waals surface area contributed by atoms with E-state index in [1.54, 1.807) is 13.8 Å². The maximum atomic E-state index is 14.3. The van der Waals surface area contributed by atoms with Gasteiger partial charge in [0.15, 0.2) is 0 Å². The Kier molecular flexibility index (Phi) is 33.8. The van der Waals surface area contributed by atoms with E-state index in [2.05, 4.69) is 58.5 Å². The van der Waals surface area contributed by atoms with Gasteiger partial charge in [-0.05, 0) is 97.8 Å². The first-order valence-electron chi connectivity index (χ1n) is 27.1. The highest BCUT2D eigenvalue weighted by Gasteiger charge is 2.38. The molecule has 1 heterocycles. The quantitative estimate of drug-likeness (QED) is 0.0340. The summed E-state index contributed by atoms with van der Waals surface area (Å²) in [5.41, 5.74) is 23.2.